The average Bonchev–Trinajstić information content (AvgIpc) is 2.79. The third kappa shape index (κ3) is 3.82. The van der Waals surface area contributed by atoms with Gasteiger partial charge in [-0.15, -0.1) is 0 Å². The summed E-state index contributed by atoms with van der Waals surface area (Å²) in [5.74, 6) is -1.64. The van der Waals surface area contributed by atoms with Gasteiger partial charge in [-0.25, -0.2) is 8.42 Å². The minimum absolute atomic E-state index is 0.0961. The summed E-state index contributed by atoms with van der Waals surface area (Å²) in [4.78, 5) is 22.3. The van der Waals surface area contributed by atoms with Gasteiger partial charge in [0.25, 0.3) is 5.91 Å². The van der Waals surface area contributed by atoms with Gasteiger partial charge in [-0.3, -0.25) is 9.59 Å². The number of aliphatic carboxylic acids is 1. The van der Waals surface area contributed by atoms with Crippen LogP contribution in [0.15, 0.2) is 17.2 Å². The summed E-state index contributed by atoms with van der Waals surface area (Å²) in [6.07, 6.45) is 1.78. The molecule has 0 aliphatic carbocycles. The molecule has 1 aromatic heterocycles. The Labute approximate surface area is 123 Å². The van der Waals surface area contributed by atoms with E-state index >= 15 is 0 Å². The third-order valence-electron chi connectivity index (χ3n) is 2.86. The van der Waals surface area contributed by atoms with Gasteiger partial charge in [0, 0.05) is 26.8 Å². The molecule has 118 valence electrons. The normalized spacial score (nSPS) is 11.6. The molecule has 0 aliphatic rings. The summed E-state index contributed by atoms with van der Waals surface area (Å²) in [5, 5.41) is 11.2. The van der Waals surface area contributed by atoms with Crippen molar-refractivity contribution < 1.29 is 23.1 Å². The maximum atomic E-state index is 12.5. The van der Waals surface area contributed by atoms with Crippen LogP contribution in [0.25, 0.3) is 0 Å². The van der Waals surface area contributed by atoms with Crippen molar-refractivity contribution in [2.75, 3.05) is 20.1 Å². The topological polar surface area (TPSA) is 109 Å². The summed E-state index contributed by atoms with van der Waals surface area (Å²) in [7, 11) is -0.962. The Morgan fingerprint density at radius 2 is 2.05 bits per heavy atom. The SMILES string of the molecule is CCCN(CC(=O)O)S(=O)(=O)c1cc(C(=O)NC)n(C)c1. The van der Waals surface area contributed by atoms with Crippen LogP contribution in [0, 0.1) is 0 Å². The van der Waals surface area contributed by atoms with Crippen molar-refractivity contribution in [2.24, 2.45) is 7.05 Å². The highest BCUT2D eigenvalue weighted by molar-refractivity contribution is 7.89. The van der Waals surface area contributed by atoms with E-state index in [-0.39, 0.29) is 17.1 Å². The number of hydrogen-bond donors (Lipinski definition) is 2. The zero-order chi connectivity index (χ0) is 16.2. The molecule has 9 heteroatoms. The van der Waals surface area contributed by atoms with Gasteiger partial charge in [-0.05, 0) is 12.5 Å². The molecule has 1 rings (SSSR count). The van der Waals surface area contributed by atoms with Gasteiger partial charge in [0.2, 0.25) is 10.0 Å². The van der Waals surface area contributed by atoms with Crippen LogP contribution in [-0.4, -0.2) is 54.4 Å². The number of sulfonamides is 1. The number of hydrogen-bond acceptors (Lipinski definition) is 4. The first-order valence-electron chi connectivity index (χ1n) is 6.34. The second-order valence-electron chi connectivity index (χ2n) is 4.48. The number of carbonyl (C=O) groups excluding carboxylic acids is 1. The summed E-state index contributed by atoms with van der Waals surface area (Å²) in [5.41, 5.74) is 0.183. The van der Waals surface area contributed by atoms with E-state index in [4.69, 9.17) is 5.11 Å². The fourth-order valence-corrected chi connectivity index (χ4v) is 3.42. The summed E-state index contributed by atoms with van der Waals surface area (Å²) in [6.45, 7) is 1.24. The largest absolute Gasteiger partial charge is 0.480 e. The van der Waals surface area contributed by atoms with Crippen molar-refractivity contribution >= 4 is 21.9 Å². The van der Waals surface area contributed by atoms with Gasteiger partial charge in [-0.1, -0.05) is 6.92 Å². The van der Waals surface area contributed by atoms with Crippen LogP contribution in [-0.2, 0) is 21.9 Å². The molecule has 1 heterocycles. The number of amides is 1. The van der Waals surface area contributed by atoms with E-state index in [0.29, 0.717) is 6.42 Å². The number of aromatic nitrogens is 1. The molecule has 21 heavy (non-hydrogen) atoms. The Balaban J connectivity index is 3.22. The molecule has 0 spiro atoms. The van der Waals surface area contributed by atoms with Gasteiger partial charge < -0.3 is 15.0 Å². The van der Waals surface area contributed by atoms with E-state index in [1.807, 2.05) is 0 Å². The van der Waals surface area contributed by atoms with Gasteiger partial charge >= 0.3 is 5.97 Å². The smallest absolute Gasteiger partial charge is 0.318 e. The number of nitrogens with zero attached hydrogens (tertiary/aromatic N) is 2. The van der Waals surface area contributed by atoms with E-state index in [1.54, 1.807) is 14.0 Å². The predicted molar refractivity (Wildman–Crippen MR) is 75.5 cm³/mol. The molecule has 1 amide bonds. The standard InChI is InChI=1S/C12H19N3O5S/c1-4-5-15(8-11(16)17)21(19,20)9-6-10(12(18)13-2)14(3)7-9/h6-7H,4-5,8H2,1-3H3,(H,13,18)(H,16,17). The van der Waals surface area contributed by atoms with E-state index < -0.39 is 28.4 Å². The molecule has 8 nitrogen and oxygen atoms in total. The monoisotopic (exact) mass is 317 g/mol. The fraction of sp³-hybridized carbons (Fsp3) is 0.500. The van der Waals surface area contributed by atoms with E-state index in [0.717, 1.165) is 4.31 Å². The number of carboxylic acid groups (broad SMARTS) is 1. The Morgan fingerprint density at radius 3 is 2.52 bits per heavy atom. The van der Waals surface area contributed by atoms with E-state index in [9.17, 15) is 18.0 Å². The summed E-state index contributed by atoms with van der Waals surface area (Å²) < 4.78 is 27.2. The lowest BCUT2D eigenvalue weighted by atomic mass is 10.4. The zero-order valence-corrected chi connectivity index (χ0v) is 13.0. The lowest BCUT2D eigenvalue weighted by Crippen LogP contribution is -2.36. The van der Waals surface area contributed by atoms with Crippen LogP contribution >= 0.6 is 0 Å². The van der Waals surface area contributed by atoms with Crippen LogP contribution in [0.4, 0.5) is 0 Å². The van der Waals surface area contributed by atoms with Crippen LogP contribution in [0.2, 0.25) is 0 Å². The van der Waals surface area contributed by atoms with Crippen LogP contribution in [0.5, 0.6) is 0 Å². The fourth-order valence-electron chi connectivity index (χ4n) is 1.86. The number of carboxylic acids is 1. The highest BCUT2D eigenvalue weighted by Crippen LogP contribution is 2.19. The first-order valence-corrected chi connectivity index (χ1v) is 7.78. The minimum atomic E-state index is -3.95. The van der Waals surface area contributed by atoms with Crippen LogP contribution in [0.1, 0.15) is 23.8 Å². The van der Waals surface area contributed by atoms with Crippen LogP contribution < -0.4 is 5.32 Å². The summed E-state index contributed by atoms with van der Waals surface area (Å²) >= 11 is 0. The number of carbonyl (C=O) groups is 2. The highest BCUT2D eigenvalue weighted by atomic mass is 32.2. The van der Waals surface area contributed by atoms with Crippen molar-refractivity contribution in [3.63, 3.8) is 0 Å². The molecule has 0 fully saturated rings. The van der Waals surface area contributed by atoms with Crippen LogP contribution in [0.3, 0.4) is 0 Å². The third-order valence-corrected chi connectivity index (χ3v) is 4.67. The number of aryl methyl sites for hydroxylation is 1. The molecule has 0 atom stereocenters. The molecule has 2 N–H and O–H groups in total. The molecule has 0 radical (unpaired) electrons. The molecule has 1 aromatic rings. The van der Waals surface area contributed by atoms with Crippen molar-refractivity contribution in [1.82, 2.24) is 14.2 Å². The van der Waals surface area contributed by atoms with Gasteiger partial charge in [0.05, 0.1) is 0 Å². The Hall–Kier alpha value is -1.87. The van der Waals surface area contributed by atoms with Crippen molar-refractivity contribution in [2.45, 2.75) is 18.2 Å². The van der Waals surface area contributed by atoms with E-state index in [2.05, 4.69) is 5.32 Å². The van der Waals surface area contributed by atoms with Gasteiger partial charge in [0.15, 0.2) is 0 Å². The second-order valence-corrected chi connectivity index (χ2v) is 6.42. The van der Waals surface area contributed by atoms with Crippen molar-refractivity contribution in [3.8, 4) is 0 Å². The first kappa shape index (κ1) is 17.2. The van der Waals surface area contributed by atoms with Gasteiger partial charge in [-0.2, -0.15) is 4.31 Å². The second kappa shape index (κ2) is 6.72. The zero-order valence-electron chi connectivity index (χ0n) is 12.2. The minimum Gasteiger partial charge on any atom is -0.480 e. The molecular formula is C12H19N3O5S. The molecule has 0 saturated carbocycles. The van der Waals surface area contributed by atoms with Crippen molar-refractivity contribution in [1.29, 1.82) is 0 Å². The Morgan fingerprint density at radius 1 is 1.43 bits per heavy atom. The molecule has 0 unspecified atom stereocenters. The Kier molecular flexibility index (Phi) is 5.50. The predicted octanol–water partition coefficient (Wildman–Crippen LogP) is -0.130. The lowest BCUT2D eigenvalue weighted by Gasteiger charge is -2.18. The Bertz CT molecular complexity index is 635. The van der Waals surface area contributed by atoms with E-state index in [1.165, 1.54) is 23.9 Å². The summed E-state index contributed by atoms with van der Waals surface area (Å²) in [6, 6.07) is 1.23. The molecule has 0 bridgehead atoms. The van der Waals surface area contributed by atoms with Crippen molar-refractivity contribution in [3.05, 3.63) is 18.0 Å². The maximum Gasteiger partial charge on any atom is 0.318 e. The lowest BCUT2D eigenvalue weighted by molar-refractivity contribution is -0.137. The quantitative estimate of drug-likeness (QED) is 0.728. The first-order chi connectivity index (χ1) is 9.73. The maximum absolute atomic E-state index is 12.5. The molecule has 0 aliphatic heterocycles. The number of nitrogens with one attached hydrogen (secondary N) is 1. The van der Waals surface area contributed by atoms with Gasteiger partial charge in [0.1, 0.15) is 17.1 Å². The molecular weight excluding hydrogens is 298 g/mol. The molecule has 0 aromatic carbocycles. The highest BCUT2D eigenvalue weighted by Gasteiger charge is 2.28. The average molecular weight is 317 g/mol. The molecule has 0 saturated heterocycles. The number of rotatable bonds is 7.